The van der Waals surface area contributed by atoms with Crippen LogP contribution in [0.25, 0.3) is 11.0 Å². The molecule has 0 amide bonds. The number of para-hydroxylation sites is 2. The molecule has 0 unspecified atom stereocenters. The monoisotopic (exact) mass is 163 g/mol. The lowest BCUT2D eigenvalue weighted by molar-refractivity contribution is -0.869. The molecule has 0 bridgehead atoms. The first-order chi connectivity index (χ1) is 5.83. The van der Waals surface area contributed by atoms with E-state index >= 15 is 0 Å². The number of hydrogen-bond acceptors (Lipinski definition) is 1. The van der Waals surface area contributed by atoms with E-state index in [4.69, 9.17) is 4.84 Å². The van der Waals surface area contributed by atoms with Gasteiger partial charge in [0.15, 0.2) is 5.52 Å². The number of benzene rings is 1. The van der Waals surface area contributed by atoms with Crippen molar-refractivity contribution in [2.75, 3.05) is 7.11 Å². The molecule has 3 nitrogen and oxygen atoms in total. The zero-order valence-electron chi connectivity index (χ0n) is 7.16. The Morgan fingerprint density at radius 1 is 1.33 bits per heavy atom. The van der Waals surface area contributed by atoms with Crippen molar-refractivity contribution in [2.24, 2.45) is 0 Å². The van der Waals surface area contributed by atoms with Crippen molar-refractivity contribution < 1.29 is 9.57 Å². The summed E-state index contributed by atoms with van der Waals surface area (Å²) < 4.78 is 1.77. The first-order valence-electron chi connectivity index (χ1n) is 3.87. The molecule has 12 heavy (non-hydrogen) atoms. The Hall–Kier alpha value is -1.51. The molecule has 0 atom stereocenters. The minimum Gasteiger partial charge on any atom is -0.338 e. The van der Waals surface area contributed by atoms with Crippen molar-refractivity contribution in [1.29, 1.82) is 0 Å². The molecule has 0 radical (unpaired) electrons. The highest BCUT2D eigenvalue weighted by Crippen LogP contribution is 2.06. The third-order valence-electron chi connectivity index (χ3n) is 1.93. The lowest BCUT2D eigenvalue weighted by Crippen LogP contribution is -2.42. The Labute approximate surface area is 70.5 Å². The largest absolute Gasteiger partial charge is 0.338 e. The van der Waals surface area contributed by atoms with Crippen molar-refractivity contribution in [3.8, 4) is 0 Å². The van der Waals surface area contributed by atoms with Crippen LogP contribution in [-0.2, 0) is 0 Å². The van der Waals surface area contributed by atoms with Gasteiger partial charge < -0.3 is 4.84 Å². The summed E-state index contributed by atoms with van der Waals surface area (Å²) in [7, 11) is 1.66. The Balaban J connectivity index is 2.81. The molecule has 62 valence electrons. The fourth-order valence-electron chi connectivity index (χ4n) is 1.42. The Bertz CT molecular complexity index is 406. The van der Waals surface area contributed by atoms with Crippen LogP contribution in [0.15, 0.2) is 24.3 Å². The van der Waals surface area contributed by atoms with Gasteiger partial charge in [-0.25, -0.2) is 4.98 Å². The van der Waals surface area contributed by atoms with Gasteiger partial charge in [-0.05, 0) is 16.9 Å². The average molecular weight is 163 g/mol. The summed E-state index contributed by atoms with van der Waals surface area (Å²) in [4.78, 5) is 8.40. The number of fused-ring (bicyclic) bond motifs is 1. The highest BCUT2D eigenvalue weighted by atomic mass is 16.6. The molecule has 1 aromatic carbocycles. The van der Waals surface area contributed by atoms with Crippen LogP contribution in [0.2, 0.25) is 0 Å². The van der Waals surface area contributed by atoms with E-state index in [1.165, 1.54) is 0 Å². The number of hydrogen-bond donors (Lipinski definition) is 1. The molecule has 0 aliphatic heterocycles. The molecule has 0 aliphatic rings. The maximum atomic E-state index is 5.18. The van der Waals surface area contributed by atoms with E-state index in [1.807, 2.05) is 31.2 Å². The molecule has 0 saturated carbocycles. The highest BCUT2D eigenvalue weighted by Gasteiger charge is 2.13. The summed E-state index contributed by atoms with van der Waals surface area (Å²) >= 11 is 0. The highest BCUT2D eigenvalue weighted by molar-refractivity contribution is 5.70. The van der Waals surface area contributed by atoms with Gasteiger partial charge in [0.05, 0.1) is 0 Å². The molecule has 0 saturated heterocycles. The van der Waals surface area contributed by atoms with Crippen LogP contribution >= 0.6 is 0 Å². The number of aromatic amines is 1. The lowest BCUT2D eigenvalue weighted by atomic mass is 10.3. The third-order valence-corrected chi connectivity index (χ3v) is 1.93. The number of aryl methyl sites for hydroxylation is 1. The average Bonchev–Trinajstić information content (AvgIpc) is 2.40. The van der Waals surface area contributed by atoms with Crippen LogP contribution in [0.5, 0.6) is 0 Å². The molecule has 1 aromatic heterocycles. The molecule has 3 heteroatoms. The molecule has 0 aliphatic carbocycles. The molecule has 2 rings (SSSR count). The van der Waals surface area contributed by atoms with E-state index in [0.29, 0.717) is 0 Å². The number of imidazole rings is 1. The number of nitrogens with zero attached hydrogens (tertiary/aromatic N) is 1. The molecular formula is C9H11N2O+. The minimum atomic E-state index is 0.999. The first kappa shape index (κ1) is 7.16. The molecule has 1 heterocycles. The van der Waals surface area contributed by atoms with E-state index in [2.05, 4.69) is 4.98 Å². The summed E-state index contributed by atoms with van der Waals surface area (Å²) in [6.07, 6.45) is 0. The van der Waals surface area contributed by atoms with Gasteiger partial charge in [0.1, 0.15) is 7.11 Å². The Kier molecular flexibility index (Phi) is 1.50. The van der Waals surface area contributed by atoms with Crippen LogP contribution in [0.4, 0.5) is 0 Å². The van der Waals surface area contributed by atoms with Crippen LogP contribution in [-0.4, -0.2) is 12.1 Å². The fraction of sp³-hybridized carbons (Fsp3) is 0.222. The maximum Gasteiger partial charge on any atom is 0.292 e. The van der Waals surface area contributed by atoms with Crippen LogP contribution < -0.4 is 9.57 Å². The van der Waals surface area contributed by atoms with E-state index in [9.17, 15) is 0 Å². The van der Waals surface area contributed by atoms with Crippen molar-refractivity contribution >= 4 is 11.0 Å². The summed E-state index contributed by atoms with van der Waals surface area (Å²) in [5.41, 5.74) is 2.16. The normalized spacial score (nSPS) is 10.5. The number of rotatable bonds is 1. The molecule has 2 aromatic rings. The fourth-order valence-corrected chi connectivity index (χ4v) is 1.42. The summed E-state index contributed by atoms with van der Waals surface area (Å²) in [5, 5.41) is 0. The summed E-state index contributed by atoms with van der Waals surface area (Å²) in [6.45, 7) is 1.98. The second kappa shape index (κ2) is 2.52. The second-order valence-corrected chi connectivity index (χ2v) is 2.70. The molecule has 0 fully saturated rings. The predicted molar refractivity (Wildman–Crippen MR) is 45.7 cm³/mol. The van der Waals surface area contributed by atoms with Gasteiger partial charge in [-0.15, -0.1) is 0 Å². The second-order valence-electron chi connectivity index (χ2n) is 2.70. The van der Waals surface area contributed by atoms with Crippen LogP contribution in [0.3, 0.4) is 0 Å². The molecule has 1 N–H and O–H groups in total. The van der Waals surface area contributed by atoms with Gasteiger partial charge >= 0.3 is 0 Å². The predicted octanol–water partition coefficient (Wildman–Crippen LogP) is 0.822. The Morgan fingerprint density at radius 2 is 2.08 bits per heavy atom. The summed E-state index contributed by atoms with van der Waals surface area (Å²) in [6, 6.07) is 8.03. The van der Waals surface area contributed by atoms with Gasteiger partial charge in [0.25, 0.3) is 5.82 Å². The molecular weight excluding hydrogens is 152 g/mol. The lowest BCUT2D eigenvalue weighted by Gasteiger charge is -1.92. The number of aromatic nitrogens is 2. The SMILES string of the molecule is CO[n+]1c(C)[nH]c2ccccc21. The van der Waals surface area contributed by atoms with Crippen molar-refractivity contribution in [3.05, 3.63) is 30.1 Å². The van der Waals surface area contributed by atoms with E-state index in [0.717, 1.165) is 16.9 Å². The van der Waals surface area contributed by atoms with Crippen LogP contribution in [0.1, 0.15) is 5.82 Å². The van der Waals surface area contributed by atoms with Crippen molar-refractivity contribution in [2.45, 2.75) is 6.92 Å². The zero-order chi connectivity index (χ0) is 8.55. The van der Waals surface area contributed by atoms with Crippen molar-refractivity contribution in [3.63, 3.8) is 0 Å². The topological polar surface area (TPSA) is 28.9 Å². The number of nitrogens with one attached hydrogen (secondary N) is 1. The van der Waals surface area contributed by atoms with Gasteiger partial charge in [-0.1, -0.05) is 12.1 Å². The zero-order valence-corrected chi connectivity index (χ0v) is 7.16. The maximum absolute atomic E-state index is 5.18. The first-order valence-corrected chi connectivity index (χ1v) is 3.87. The minimum absolute atomic E-state index is 0.999. The van der Waals surface area contributed by atoms with Gasteiger partial charge in [0, 0.05) is 6.92 Å². The quantitative estimate of drug-likeness (QED) is 0.619. The molecule has 0 spiro atoms. The van der Waals surface area contributed by atoms with Gasteiger partial charge in [0.2, 0.25) is 5.52 Å². The number of H-pyrrole nitrogens is 1. The van der Waals surface area contributed by atoms with E-state index < -0.39 is 0 Å². The third kappa shape index (κ3) is 0.863. The van der Waals surface area contributed by atoms with E-state index in [-0.39, 0.29) is 0 Å². The smallest absolute Gasteiger partial charge is 0.292 e. The van der Waals surface area contributed by atoms with E-state index in [1.54, 1.807) is 11.8 Å². The standard InChI is InChI=1S/C9H10N2O/c1-7-10-8-5-3-4-6-9(8)11(7)12-2/h3-6H,1-2H3/p+1. The van der Waals surface area contributed by atoms with Gasteiger partial charge in [-0.2, -0.15) is 0 Å². The van der Waals surface area contributed by atoms with Crippen LogP contribution in [0, 0.1) is 6.92 Å². The van der Waals surface area contributed by atoms with Gasteiger partial charge in [-0.3, -0.25) is 0 Å². The summed E-state index contributed by atoms with van der Waals surface area (Å²) in [5.74, 6) is 0.999. The Morgan fingerprint density at radius 3 is 2.83 bits per heavy atom. The van der Waals surface area contributed by atoms with Crippen molar-refractivity contribution in [1.82, 2.24) is 4.98 Å².